The second kappa shape index (κ2) is 4.57. The van der Waals surface area contributed by atoms with E-state index in [0.29, 0.717) is 11.5 Å². The summed E-state index contributed by atoms with van der Waals surface area (Å²) in [4.78, 5) is 11.1. The van der Waals surface area contributed by atoms with Crippen molar-refractivity contribution >= 4 is 5.71 Å². The van der Waals surface area contributed by atoms with Gasteiger partial charge >= 0.3 is 0 Å². The maximum atomic E-state index is 8.81. The molecule has 0 radical (unpaired) electrons. The number of aliphatic hydroxyl groups is 1. The normalized spacial score (nSPS) is 12.7. The van der Waals surface area contributed by atoms with Gasteiger partial charge in [-0.3, -0.25) is 4.99 Å². The lowest BCUT2D eigenvalue weighted by atomic mass is 10.3. The molecule has 4 heteroatoms. The van der Waals surface area contributed by atoms with E-state index < -0.39 is 0 Å². The summed E-state index contributed by atoms with van der Waals surface area (Å²) in [5.74, 6) is 0.685. The highest BCUT2D eigenvalue weighted by molar-refractivity contribution is 6.05. The summed E-state index contributed by atoms with van der Waals surface area (Å²) in [5, 5.41) is 8.81. The van der Waals surface area contributed by atoms with Gasteiger partial charge in [0.2, 0.25) is 0 Å². The van der Waals surface area contributed by atoms with Crippen LogP contribution in [0.15, 0.2) is 23.3 Å². The summed E-state index contributed by atoms with van der Waals surface area (Å²) in [7, 11) is 1.70. The Hall–Kier alpha value is -1.42. The monoisotopic (exact) mass is 179 g/mol. The molecule has 0 amide bonds. The minimum Gasteiger partial charge on any atom is -0.390 e. The predicted molar refractivity (Wildman–Crippen MR) is 51.8 cm³/mol. The minimum absolute atomic E-state index is 0.0279. The molecule has 13 heavy (non-hydrogen) atoms. The number of rotatable bonds is 3. The summed E-state index contributed by atoms with van der Waals surface area (Å²) < 4.78 is 0. The zero-order valence-electron chi connectivity index (χ0n) is 7.78. The lowest BCUT2D eigenvalue weighted by Gasteiger charge is -1.93. The van der Waals surface area contributed by atoms with Crippen LogP contribution in [0.4, 0.5) is 0 Å². The molecule has 0 aliphatic carbocycles. The molecule has 1 aromatic heterocycles. The lowest BCUT2D eigenvalue weighted by Crippen LogP contribution is -1.99. The fraction of sp³-hybridized carbons (Fsp3) is 0.333. The summed E-state index contributed by atoms with van der Waals surface area (Å²) in [6, 6.07) is 0. The van der Waals surface area contributed by atoms with E-state index in [4.69, 9.17) is 5.11 Å². The van der Waals surface area contributed by atoms with Crippen LogP contribution in [-0.4, -0.2) is 27.8 Å². The number of hydrogen-bond acceptors (Lipinski definition) is 3. The molecule has 4 nitrogen and oxygen atoms in total. The SMILES string of the molecule is C/C=C\C(=N/C)c1ncc(CO)[nH]1. The van der Waals surface area contributed by atoms with E-state index >= 15 is 0 Å². The van der Waals surface area contributed by atoms with E-state index in [2.05, 4.69) is 15.0 Å². The Labute approximate surface area is 77.0 Å². The number of allylic oxidation sites excluding steroid dienone is 2. The molecule has 0 saturated heterocycles. The van der Waals surface area contributed by atoms with Crippen LogP contribution in [0.25, 0.3) is 0 Å². The van der Waals surface area contributed by atoms with Crippen LogP contribution in [0.3, 0.4) is 0 Å². The van der Waals surface area contributed by atoms with Gasteiger partial charge in [-0.05, 0) is 13.0 Å². The molecule has 0 saturated carbocycles. The van der Waals surface area contributed by atoms with Crippen molar-refractivity contribution < 1.29 is 5.11 Å². The van der Waals surface area contributed by atoms with Crippen molar-refractivity contribution in [3.05, 3.63) is 29.9 Å². The number of imidazole rings is 1. The molecule has 70 valence electrons. The summed E-state index contributed by atoms with van der Waals surface area (Å²) in [6.45, 7) is 1.89. The van der Waals surface area contributed by atoms with Crippen molar-refractivity contribution in [1.29, 1.82) is 0 Å². The highest BCUT2D eigenvalue weighted by Crippen LogP contribution is 1.99. The van der Waals surface area contributed by atoms with Crippen LogP contribution in [0, 0.1) is 0 Å². The number of nitrogens with zero attached hydrogens (tertiary/aromatic N) is 2. The zero-order valence-corrected chi connectivity index (χ0v) is 7.78. The number of aliphatic imine (C=N–C) groups is 1. The van der Waals surface area contributed by atoms with E-state index in [1.165, 1.54) is 0 Å². The van der Waals surface area contributed by atoms with Crippen LogP contribution in [0.2, 0.25) is 0 Å². The van der Waals surface area contributed by atoms with Crippen LogP contribution >= 0.6 is 0 Å². The molecule has 1 aromatic rings. The molecule has 0 atom stereocenters. The van der Waals surface area contributed by atoms with Crippen molar-refractivity contribution in [1.82, 2.24) is 9.97 Å². The fourth-order valence-electron chi connectivity index (χ4n) is 0.987. The lowest BCUT2D eigenvalue weighted by molar-refractivity contribution is 0.277. The molecule has 0 aliphatic heterocycles. The molecule has 1 rings (SSSR count). The largest absolute Gasteiger partial charge is 0.390 e. The van der Waals surface area contributed by atoms with Crippen molar-refractivity contribution in [2.24, 2.45) is 4.99 Å². The molecule has 2 N–H and O–H groups in total. The van der Waals surface area contributed by atoms with Gasteiger partial charge in [-0.2, -0.15) is 0 Å². The first-order valence-electron chi connectivity index (χ1n) is 4.06. The Balaban J connectivity index is 2.92. The standard InChI is InChI=1S/C9H13N3O/c1-3-4-8(10-2)9-11-5-7(6-13)12-9/h3-5,13H,6H2,1-2H3,(H,11,12)/b4-3-,10-8+. The van der Waals surface area contributed by atoms with E-state index in [0.717, 1.165) is 5.71 Å². The Morgan fingerprint density at radius 2 is 2.54 bits per heavy atom. The van der Waals surface area contributed by atoms with Gasteiger partial charge in [0.25, 0.3) is 0 Å². The summed E-state index contributed by atoms with van der Waals surface area (Å²) in [5.41, 5.74) is 1.47. The second-order valence-corrected chi connectivity index (χ2v) is 2.52. The first kappa shape index (κ1) is 9.67. The van der Waals surface area contributed by atoms with Gasteiger partial charge in [0.05, 0.1) is 24.2 Å². The highest BCUT2D eigenvalue weighted by atomic mass is 16.3. The molecule has 0 unspecified atom stereocenters. The van der Waals surface area contributed by atoms with Crippen molar-refractivity contribution in [3.8, 4) is 0 Å². The average Bonchev–Trinajstić information content (AvgIpc) is 2.62. The fourth-order valence-corrected chi connectivity index (χ4v) is 0.987. The van der Waals surface area contributed by atoms with Crippen LogP contribution in [0.5, 0.6) is 0 Å². The molecule has 0 aliphatic rings. The van der Waals surface area contributed by atoms with Gasteiger partial charge < -0.3 is 10.1 Å². The third-order valence-corrected chi connectivity index (χ3v) is 1.61. The number of aromatic nitrogens is 2. The first-order valence-corrected chi connectivity index (χ1v) is 4.06. The number of H-pyrrole nitrogens is 1. The second-order valence-electron chi connectivity index (χ2n) is 2.52. The topological polar surface area (TPSA) is 61.3 Å². The first-order chi connectivity index (χ1) is 6.31. The molecular weight excluding hydrogens is 166 g/mol. The van der Waals surface area contributed by atoms with Crippen molar-refractivity contribution in [2.75, 3.05) is 7.05 Å². The molecule has 0 bridgehead atoms. The average molecular weight is 179 g/mol. The van der Waals surface area contributed by atoms with Crippen LogP contribution in [-0.2, 0) is 6.61 Å². The number of aliphatic hydroxyl groups excluding tert-OH is 1. The van der Waals surface area contributed by atoms with Crippen molar-refractivity contribution in [2.45, 2.75) is 13.5 Å². The van der Waals surface area contributed by atoms with E-state index in [1.54, 1.807) is 13.2 Å². The molecular formula is C9H13N3O. The van der Waals surface area contributed by atoms with Gasteiger partial charge in [-0.15, -0.1) is 0 Å². The van der Waals surface area contributed by atoms with Gasteiger partial charge in [-0.1, -0.05) is 6.08 Å². The van der Waals surface area contributed by atoms with E-state index in [1.807, 2.05) is 19.1 Å². The Kier molecular flexibility index (Phi) is 3.40. The van der Waals surface area contributed by atoms with E-state index in [9.17, 15) is 0 Å². The Morgan fingerprint density at radius 1 is 1.77 bits per heavy atom. The van der Waals surface area contributed by atoms with Crippen LogP contribution in [0.1, 0.15) is 18.4 Å². The van der Waals surface area contributed by atoms with Crippen molar-refractivity contribution in [3.63, 3.8) is 0 Å². The zero-order chi connectivity index (χ0) is 9.68. The number of nitrogens with one attached hydrogen (secondary N) is 1. The third kappa shape index (κ3) is 2.26. The van der Waals surface area contributed by atoms with Gasteiger partial charge in [0.15, 0.2) is 5.82 Å². The molecule has 1 heterocycles. The van der Waals surface area contributed by atoms with Gasteiger partial charge in [0, 0.05) is 7.05 Å². The summed E-state index contributed by atoms with van der Waals surface area (Å²) in [6.07, 6.45) is 5.35. The Bertz CT molecular complexity index is 325. The summed E-state index contributed by atoms with van der Waals surface area (Å²) >= 11 is 0. The third-order valence-electron chi connectivity index (χ3n) is 1.61. The van der Waals surface area contributed by atoms with E-state index in [-0.39, 0.29) is 6.61 Å². The quantitative estimate of drug-likeness (QED) is 0.677. The highest BCUT2D eigenvalue weighted by Gasteiger charge is 2.02. The molecule has 0 aromatic carbocycles. The van der Waals surface area contributed by atoms with Crippen LogP contribution < -0.4 is 0 Å². The maximum absolute atomic E-state index is 8.81. The number of aromatic amines is 1. The molecule has 0 spiro atoms. The predicted octanol–water partition coefficient (Wildman–Crippen LogP) is 0.897. The van der Waals surface area contributed by atoms with Gasteiger partial charge in [-0.25, -0.2) is 4.98 Å². The maximum Gasteiger partial charge on any atom is 0.155 e. The smallest absolute Gasteiger partial charge is 0.155 e. The minimum atomic E-state index is -0.0279. The molecule has 0 fully saturated rings. The number of hydrogen-bond donors (Lipinski definition) is 2. The Morgan fingerprint density at radius 3 is 3.00 bits per heavy atom. The van der Waals surface area contributed by atoms with Gasteiger partial charge in [0.1, 0.15) is 0 Å².